The van der Waals surface area contributed by atoms with Crippen molar-refractivity contribution < 1.29 is 19.1 Å². The average molecular weight is 420 g/mol. The van der Waals surface area contributed by atoms with E-state index in [1.54, 1.807) is 35.7 Å². The van der Waals surface area contributed by atoms with Crippen LogP contribution in [-0.2, 0) is 20.9 Å². The highest BCUT2D eigenvalue weighted by Crippen LogP contribution is 2.15. The molecule has 1 N–H and O–H groups in total. The molecular formula is C21H25NO4S2. The number of thioether (sulfide) groups is 2. The van der Waals surface area contributed by atoms with Gasteiger partial charge >= 0.3 is 5.97 Å². The highest BCUT2D eigenvalue weighted by Gasteiger charge is 2.22. The van der Waals surface area contributed by atoms with Gasteiger partial charge in [0.15, 0.2) is 6.61 Å². The van der Waals surface area contributed by atoms with E-state index in [2.05, 4.69) is 5.32 Å². The maximum absolute atomic E-state index is 12.5. The zero-order valence-electron chi connectivity index (χ0n) is 16.1. The van der Waals surface area contributed by atoms with Gasteiger partial charge in [0.05, 0.1) is 0 Å². The summed E-state index contributed by atoms with van der Waals surface area (Å²) in [7, 11) is 0. The third-order valence-corrected chi connectivity index (χ3v) is 5.27. The van der Waals surface area contributed by atoms with Crippen LogP contribution in [0, 0.1) is 0 Å². The molecule has 0 aliphatic carbocycles. The molecule has 0 aliphatic rings. The van der Waals surface area contributed by atoms with Crippen molar-refractivity contribution in [2.75, 3.05) is 24.9 Å². The fourth-order valence-electron chi connectivity index (χ4n) is 2.36. The summed E-state index contributed by atoms with van der Waals surface area (Å²) in [5, 5.41) is 2.72. The Labute approximate surface area is 174 Å². The molecule has 0 aliphatic heterocycles. The first-order chi connectivity index (χ1) is 13.6. The molecule has 2 rings (SSSR count). The minimum atomic E-state index is -0.690. The van der Waals surface area contributed by atoms with Crippen molar-refractivity contribution in [1.29, 1.82) is 0 Å². The van der Waals surface area contributed by atoms with E-state index in [1.807, 2.05) is 55.0 Å². The molecule has 0 unspecified atom stereocenters. The number of hydrogen-bond donors (Lipinski definition) is 1. The second-order valence-electron chi connectivity index (χ2n) is 5.96. The number of hydrogen-bond acceptors (Lipinski definition) is 6. The SMILES string of the molecule is CSCC[C@@H](NC(=O)COc1ccccc1)C(=O)OCc1ccc(SC)cc1. The zero-order valence-corrected chi connectivity index (χ0v) is 17.7. The van der Waals surface area contributed by atoms with Gasteiger partial charge in [0.25, 0.3) is 5.91 Å². The van der Waals surface area contributed by atoms with Gasteiger partial charge in [-0.3, -0.25) is 4.79 Å². The van der Waals surface area contributed by atoms with Crippen molar-refractivity contribution in [3.8, 4) is 5.75 Å². The lowest BCUT2D eigenvalue weighted by molar-refractivity contribution is -0.149. The van der Waals surface area contributed by atoms with Crippen LogP contribution < -0.4 is 10.1 Å². The molecule has 0 heterocycles. The Morgan fingerprint density at radius 1 is 1.04 bits per heavy atom. The first-order valence-corrected chi connectivity index (χ1v) is 11.5. The van der Waals surface area contributed by atoms with Crippen molar-refractivity contribution in [2.45, 2.75) is 24.0 Å². The molecule has 1 amide bonds. The molecule has 150 valence electrons. The van der Waals surface area contributed by atoms with Gasteiger partial charge in [0, 0.05) is 4.90 Å². The van der Waals surface area contributed by atoms with E-state index < -0.39 is 12.0 Å². The number of benzene rings is 2. The van der Waals surface area contributed by atoms with Gasteiger partial charge in [-0.2, -0.15) is 11.8 Å². The number of para-hydroxylation sites is 1. The van der Waals surface area contributed by atoms with Gasteiger partial charge < -0.3 is 14.8 Å². The van der Waals surface area contributed by atoms with Crippen molar-refractivity contribution in [1.82, 2.24) is 5.32 Å². The Balaban J connectivity index is 1.85. The van der Waals surface area contributed by atoms with Crippen LogP contribution in [0.5, 0.6) is 5.75 Å². The molecule has 2 aromatic rings. The Morgan fingerprint density at radius 2 is 1.75 bits per heavy atom. The third-order valence-electron chi connectivity index (χ3n) is 3.88. The molecule has 0 aromatic heterocycles. The molecule has 0 spiro atoms. The summed E-state index contributed by atoms with van der Waals surface area (Å²) < 4.78 is 10.8. The number of rotatable bonds is 11. The topological polar surface area (TPSA) is 64.6 Å². The summed E-state index contributed by atoms with van der Waals surface area (Å²) in [4.78, 5) is 25.8. The van der Waals surface area contributed by atoms with E-state index in [4.69, 9.17) is 9.47 Å². The first-order valence-electron chi connectivity index (χ1n) is 8.88. The second kappa shape index (κ2) is 12.4. The van der Waals surface area contributed by atoms with Gasteiger partial charge in [0.2, 0.25) is 0 Å². The molecule has 0 saturated carbocycles. The standard InChI is InChI=1S/C21H25NO4S2/c1-27-13-12-19(22-20(23)15-25-17-6-4-3-5-7-17)21(24)26-14-16-8-10-18(28-2)11-9-16/h3-11,19H,12-15H2,1-2H3,(H,22,23)/t19-/m1/s1. The van der Waals surface area contributed by atoms with Gasteiger partial charge in [0.1, 0.15) is 18.4 Å². The lowest BCUT2D eigenvalue weighted by Crippen LogP contribution is -2.44. The predicted octanol–water partition coefficient (Wildman–Crippen LogP) is 3.77. The quantitative estimate of drug-likeness (QED) is 0.442. The summed E-state index contributed by atoms with van der Waals surface area (Å²) >= 11 is 3.27. The number of carbonyl (C=O) groups excluding carboxylic acids is 2. The Morgan fingerprint density at radius 3 is 2.39 bits per heavy atom. The molecule has 7 heteroatoms. The van der Waals surface area contributed by atoms with Crippen LogP contribution in [0.15, 0.2) is 59.5 Å². The fourth-order valence-corrected chi connectivity index (χ4v) is 3.24. The number of carbonyl (C=O) groups is 2. The summed E-state index contributed by atoms with van der Waals surface area (Å²) in [6.07, 6.45) is 4.47. The van der Waals surface area contributed by atoms with Gasteiger partial charge in [-0.05, 0) is 54.5 Å². The Bertz CT molecular complexity index is 738. The maximum Gasteiger partial charge on any atom is 0.329 e. The molecule has 28 heavy (non-hydrogen) atoms. The minimum absolute atomic E-state index is 0.150. The van der Waals surface area contributed by atoms with Crippen LogP contribution in [0.3, 0.4) is 0 Å². The average Bonchev–Trinajstić information content (AvgIpc) is 2.74. The van der Waals surface area contributed by atoms with Gasteiger partial charge in [-0.1, -0.05) is 30.3 Å². The Hall–Kier alpha value is -2.12. The van der Waals surface area contributed by atoms with Crippen molar-refractivity contribution in [3.63, 3.8) is 0 Å². The monoisotopic (exact) mass is 419 g/mol. The van der Waals surface area contributed by atoms with E-state index in [9.17, 15) is 9.59 Å². The zero-order chi connectivity index (χ0) is 20.2. The molecule has 0 radical (unpaired) electrons. The lowest BCUT2D eigenvalue weighted by Gasteiger charge is -2.17. The molecule has 2 aromatic carbocycles. The van der Waals surface area contributed by atoms with Gasteiger partial charge in [-0.15, -0.1) is 11.8 Å². The van der Waals surface area contributed by atoms with Crippen molar-refractivity contribution in [2.24, 2.45) is 0 Å². The molecule has 0 bridgehead atoms. The summed E-state index contributed by atoms with van der Waals surface area (Å²) in [5.74, 6) is 0.559. The van der Waals surface area contributed by atoms with Crippen LogP contribution in [0.25, 0.3) is 0 Å². The van der Waals surface area contributed by atoms with Crippen LogP contribution in [0.4, 0.5) is 0 Å². The highest BCUT2D eigenvalue weighted by atomic mass is 32.2. The van der Waals surface area contributed by atoms with E-state index in [1.165, 1.54) is 0 Å². The highest BCUT2D eigenvalue weighted by molar-refractivity contribution is 7.98. The van der Waals surface area contributed by atoms with Crippen molar-refractivity contribution in [3.05, 3.63) is 60.2 Å². The van der Waals surface area contributed by atoms with E-state index in [0.717, 1.165) is 16.2 Å². The number of nitrogens with one attached hydrogen (secondary N) is 1. The molecular weight excluding hydrogens is 394 g/mol. The largest absolute Gasteiger partial charge is 0.484 e. The maximum atomic E-state index is 12.5. The van der Waals surface area contributed by atoms with Crippen LogP contribution in [0.1, 0.15) is 12.0 Å². The minimum Gasteiger partial charge on any atom is -0.484 e. The number of esters is 1. The smallest absolute Gasteiger partial charge is 0.329 e. The summed E-state index contributed by atoms with van der Waals surface area (Å²) in [5.41, 5.74) is 0.911. The molecule has 0 fully saturated rings. The summed E-state index contributed by atoms with van der Waals surface area (Å²) in [6, 6.07) is 16.2. The van der Waals surface area contributed by atoms with Crippen LogP contribution >= 0.6 is 23.5 Å². The summed E-state index contributed by atoms with van der Waals surface area (Å²) in [6.45, 7) is 0.0306. The van der Waals surface area contributed by atoms with E-state index >= 15 is 0 Å². The van der Waals surface area contributed by atoms with E-state index in [0.29, 0.717) is 12.2 Å². The van der Waals surface area contributed by atoms with E-state index in [-0.39, 0.29) is 19.1 Å². The fraction of sp³-hybridized carbons (Fsp3) is 0.333. The van der Waals surface area contributed by atoms with Crippen LogP contribution in [-0.4, -0.2) is 42.8 Å². The van der Waals surface area contributed by atoms with Crippen LogP contribution in [0.2, 0.25) is 0 Å². The third kappa shape index (κ3) is 7.86. The predicted molar refractivity (Wildman–Crippen MR) is 115 cm³/mol. The number of ether oxygens (including phenoxy) is 2. The second-order valence-corrected chi connectivity index (χ2v) is 7.82. The number of amides is 1. The molecule has 1 atom stereocenters. The Kier molecular flexibility index (Phi) is 9.79. The normalized spacial score (nSPS) is 11.5. The lowest BCUT2D eigenvalue weighted by atomic mass is 10.2. The molecule has 5 nitrogen and oxygen atoms in total. The molecule has 0 saturated heterocycles. The van der Waals surface area contributed by atoms with Crippen molar-refractivity contribution >= 4 is 35.4 Å². The first kappa shape index (κ1) is 22.2. The van der Waals surface area contributed by atoms with Gasteiger partial charge in [-0.25, -0.2) is 4.79 Å².